The van der Waals surface area contributed by atoms with Gasteiger partial charge >= 0.3 is 5.69 Å². The number of aromatic nitrogens is 2. The lowest BCUT2D eigenvalue weighted by Crippen LogP contribution is -1.99. The second-order valence-corrected chi connectivity index (χ2v) is 5.90. The summed E-state index contributed by atoms with van der Waals surface area (Å²) in [4.78, 5) is 16.4. The Morgan fingerprint density at radius 3 is 2.57 bits per heavy atom. The van der Waals surface area contributed by atoms with Crippen LogP contribution in [0.1, 0.15) is 16.0 Å². The van der Waals surface area contributed by atoms with Gasteiger partial charge in [0.25, 0.3) is 0 Å². The first-order chi connectivity index (χ1) is 10.0. The molecule has 21 heavy (non-hydrogen) atoms. The van der Waals surface area contributed by atoms with E-state index in [-0.39, 0.29) is 10.5 Å². The highest BCUT2D eigenvalue weighted by molar-refractivity contribution is 9.09. The number of imidazole rings is 1. The summed E-state index contributed by atoms with van der Waals surface area (Å²) in [6, 6.07) is 9.03. The SMILES string of the molecule is O=c1[nH]c2ccc(C(Br)Cc3ccc(F)cc3F)cc2[nH]1. The molecule has 0 aliphatic carbocycles. The van der Waals surface area contributed by atoms with Crippen LogP contribution in [0.15, 0.2) is 41.2 Å². The molecule has 0 aliphatic rings. The van der Waals surface area contributed by atoms with Gasteiger partial charge < -0.3 is 9.97 Å². The van der Waals surface area contributed by atoms with Crippen molar-refractivity contribution >= 4 is 27.0 Å². The lowest BCUT2D eigenvalue weighted by atomic mass is 10.0. The predicted octanol–water partition coefficient (Wildman–Crippen LogP) is 3.81. The third kappa shape index (κ3) is 2.90. The van der Waals surface area contributed by atoms with Crippen molar-refractivity contribution in [1.29, 1.82) is 0 Å². The minimum absolute atomic E-state index is 0.139. The molecule has 0 aliphatic heterocycles. The van der Waals surface area contributed by atoms with Crippen LogP contribution in [0.25, 0.3) is 11.0 Å². The quantitative estimate of drug-likeness (QED) is 0.691. The number of hydrogen-bond acceptors (Lipinski definition) is 1. The van der Waals surface area contributed by atoms with E-state index in [1.54, 1.807) is 6.07 Å². The predicted molar refractivity (Wildman–Crippen MR) is 80.6 cm³/mol. The highest BCUT2D eigenvalue weighted by atomic mass is 79.9. The number of hydrogen-bond donors (Lipinski definition) is 2. The van der Waals surface area contributed by atoms with Crippen molar-refractivity contribution in [3.05, 3.63) is 69.6 Å². The van der Waals surface area contributed by atoms with E-state index in [0.717, 1.165) is 17.1 Å². The van der Waals surface area contributed by atoms with Crippen molar-refractivity contribution in [2.75, 3.05) is 0 Å². The Bertz CT molecular complexity index is 856. The van der Waals surface area contributed by atoms with E-state index in [1.807, 2.05) is 12.1 Å². The van der Waals surface area contributed by atoms with Gasteiger partial charge in [0, 0.05) is 10.9 Å². The molecule has 3 rings (SSSR count). The molecule has 1 atom stereocenters. The monoisotopic (exact) mass is 352 g/mol. The highest BCUT2D eigenvalue weighted by Gasteiger charge is 2.13. The van der Waals surface area contributed by atoms with Gasteiger partial charge in [-0.15, -0.1) is 0 Å². The maximum atomic E-state index is 13.7. The molecule has 0 radical (unpaired) electrons. The lowest BCUT2D eigenvalue weighted by Gasteiger charge is -2.11. The van der Waals surface area contributed by atoms with Crippen LogP contribution in [0.2, 0.25) is 0 Å². The summed E-state index contributed by atoms with van der Waals surface area (Å²) in [6.07, 6.45) is 0.381. The fourth-order valence-corrected chi connectivity index (χ4v) is 2.88. The number of halogens is 3. The fourth-order valence-electron chi connectivity index (χ4n) is 2.24. The number of nitrogens with one attached hydrogen (secondary N) is 2. The van der Waals surface area contributed by atoms with Gasteiger partial charge in [-0.25, -0.2) is 13.6 Å². The van der Waals surface area contributed by atoms with Crippen LogP contribution in [-0.2, 0) is 6.42 Å². The average Bonchev–Trinajstić information content (AvgIpc) is 2.80. The summed E-state index contributed by atoms with van der Waals surface area (Å²) < 4.78 is 26.6. The number of H-pyrrole nitrogens is 2. The molecule has 6 heteroatoms. The fraction of sp³-hybridized carbons (Fsp3) is 0.133. The molecule has 1 unspecified atom stereocenters. The van der Waals surface area contributed by atoms with Crippen LogP contribution in [0.4, 0.5) is 8.78 Å². The molecule has 2 N–H and O–H groups in total. The third-order valence-corrected chi connectivity index (χ3v) is 4.17. The largest absolute Gasteiger partial charge is 0.323 e. The van der Waals surface area contributed by atoms with Gasteiger partial charge in [0.05, 0.1) is 11.0 Å². The summed E-state index contributed by atoms with van der Waals surface area (Å²) in [6.45, 7) is 0. The summed E-state index contributed by atoms with van der Waals surface area (Å²) >= 11 is 3.51. The van der Waals surface area contributed by atoms with E-state index in [0.29, 0.717) is 17.5 Å². The van der Waals surface area contributed by atoms with E-state index in [4.69, 9.17) is 0 Å². The summed E-state index contributed by atoms with van der Waals surface area (Å²) in [5.74, 6) is -1.15. The molecule has 2 aromatic carbocycles. The zero-order valence-electron chi connectivity index (χ0n) is 10.8. The molecule has 0 spiro atoms. The van der Waals surface area contributed by atoms with Gasteiger partial charge in [-0.3, -0.25) is 0 Å². The minimum atomic E-state index is -0.589. The van der Waals surface area contributed by atoms with Crippen LogP contribution in [0.3, 0.4) is 0 Å². The second-order valence-electron chi connectivity index (χ2n) is 4.79. The Balaban J connectivity index is 1.89. The molecule has 0 fully saturated rings. The first-order valence-corrected chi connectivity index (χ1v) is 7.24. The Morgan fingerprint density at radius 2 is 1.81 bits per heavy atom. The lowest BCUT2D eigenvalue weighted by molar-refractivity contribution is 0.571. The smallest absolute Gasteiger partial charge is 0.306 e. The summed E-state index contributed by atoms with van der Waals surface area (Å²) in [5.41, 5.74) is 2.48. The van der Waals surface area contributed by atoms with E-state index in [2.05, 4.69) is 25.9 Å². The number of benzene rings is 2. The van der Waals surface area contributed by atoms with Gasteiger partial charge in [0.1, 0.15) is 11.6 Å². The molecule has 3 nitrogen and oxygen atoms in total. The van der Waals surface area contributed by atoms with Crippen molar-refractivity contribution < 1.29 is 8.78 Å². The van der Waals surface area contributed by atoms with E-state index < -0.39 is 11.6 Å². The van der Waals surface area contributed by atoms with Gasteiger partial charge in [-0.05, 0) is 35.7 Å². The number of aromatic amines is 2. The molecule has 0 amide bonds. The normalized spacial score (nSPS) is 12.7. The van der Waals surface area contributed by atoms with Crippen molar-refractivity contribution in [1.82, 2.24) is 9.97 Å². The Kier molecular flexibility index (Phi) is 3.63. The zero-order chi connectivity index (χ0) is 15.0. The summed E-state index contributed by atoms with van der Waals surface area (Å²) in [5, 5.41) is 0. The van der Waals surface area contributed by atoms with Crippen LogP contribution in [0, 0.1) is 11.6 Å². The molecule has 108 valence electrons. The van der Waals surface area contributed by atoms with E-state index in [9.17, 15) is 13.6 Å². The van der Waals surface area contributed by atoms with Gasteiger partial charge in [-0.2, -0.15) is 0 Å². The summed E-state index contributed by atoms with van der Waals surface area (Å²) in [7, 11) is 0. The van der Waals surface area contributed by atoms with Crippen molar-refractivity contribution in [2.45, 2.75) is 11.2 Å². The third-order valence-electron chi connectivity index (χ3n) is 3.32. The van der Waals surface area contributed by atoms with Crippen LogP contribution in [0.5, 0.6) is 0 Å². The Morgan fingerprint density at radius 1 is 1.05 bits per heavy atom. The van der Waals surface area contributed by atoms with Crippen molar-refractivity contribution in [3.63, 3.8) is 0 Å². The highest BCUT2D eigenvalue weighted by Crippen LogP contribution is 2.29. The Labute approximate surface area is 127 Å². The Hall–Kier alpha value is -1.95. The van der Waals surface area contributed by atoms with Crippen molar-refractivity contribution in [2.24, 2.45) is 0 Å². The van der Waals surface area contributed by atoms with E-state index >= 15 is 0 Å². The van der Waals surface area contributed by atoms with Gasteiger partial charge in [0.15, 0.2) is 0 Å². The maximum Gasteiger partial charge on any atom is 0.323 e. The molecule has 0 saturated heterocycles. The number of fused-ring (bicyclic) bond motifs is 1. The van der Waals surface area contributed by atoms with Crippen molar-refractivity contribution in [3.8, 4) is 0 Å². The second kappa shape index (κ2) is 5.44. The molecule has 0 saturated carbocycles. The molecular weight excluding hydrogens is 342 g/mol. The topological polar surface area (TPSA) is 48.6 Å². The minimum Gasteiger partial charge on any atom is -0.306 e. The standard InChI is InChI=1S/C15H11BrF2N2O/c16-11(5-9-1-3-10(17)7-12(9)18)8-2-4-13-14(6-8)20-15(21)19-13/h1-4,6-7,11H,5H2,(H2,19,20,21). The van der Waals surface area contributed by atoms with Gasteiger partial charge in [-0.1, -0.05) is 28.1 Å². The number of alkyl halides is 1. The van der Waals surface area contributed by atoms with E-state index in [1.165, 1.54) is 12.1 Å². The average molecular weight is 353 g/mol. The van der Waals surface area contributed by atoms with Crippen LogP contribution >= 0.6 is 15.9 Å². The maximum absolute atomic E-state index is 13.7. The van der Waals surface area contributed by atoms with Gasteiger partial charge in [0.2, 0.25) is 0 Å². The molecule has 1 aromatic heterocycles. The zero-order valence-corrected chi connectivity index (χ0v) is 12.4. The number of rotatable bonds is 3. The molecule has 3 aromatic rings. The molecule has 1 heterocycles. The molecular formula is C15H11BrF2N2O. The van der Waals surface area contributed by atoms with Crippen LogP contribution in [-0.4, -0.2) is 9.97 Å². The van der Waals surface area contributed by atoms with Crippen LogP contribution < -0.4 is 5.69 Å². The molecule has 0 bridgehead atoms. The first-order valence-electron chi connectivity index (χ1n) is 6.33. The first kappa shape index (κ1) is 14.0.